The number of nitrogens with zero attached hydrogens (tertiary/aromatic N) is 1. The highest BCUT2D eigenvalue weighted by Gasteiger charge is 2.38. The minimum atomic E-state index is 0. The maximum Gasteiger partial charge on any atom is 0.119 e. The number of benzene rings is 1. The summed E-state index contributed by atoms with van der Waals surface area (Å²) in [5, 5.41) is 3.49. The average molecular weight is 339 g/mol. The van der Waals surface area contributed by atoms with Crippen LogP contribution < -0.4 is 10.1 Å². The second-order valence-electron chi connectivity index (χ2n) is 7.56. The van der Waals surface area contributed by atoms with E-state index in [1.54, 1.807) is 0 Å². The van der Waals surface area contributed by atoms with Crippen molar-refractivity contribution in [2.45, 2.75) is 39.7 Å². The van der Waals surface area contributed by atoms with Crippen molar-refractivity contribution >= 4 is 12.4 Å². The molecule has 0 atom stereocenters. The standard InChI is InChI=1S/C19H30N2O.ClH/c1-16(2)14-22-18-5-3-17(4-6-18)13-21-12-9-19(15-21)7-10-20-11-8-19;/h3-6,16,20H,7-15H2,1-2H3;1H. The smallest absolute Gasteiger partial charge is 0.119 e. The lowest BCUT2D eigenvalue weighted by Crippen LogP contribution is -2.38. The Morgan fingerprint density at radius 1 is 1.13 bits per heavy atom. The summed E-state index contributed by atoms with van der Waals surface area (Å²) in [4.78, 5) is 2.63. The van der Waals surface area contributed by atoms with Gasteiger partial charge in [0.15, 0.2) is 0 Å². The quantitative estimate of drug-likeness (QED) is 0.885. The van der Waals surface area contributed by atoms with Crippen LogP contribution in [0.3, 0.4) is 0 Å². The van der Waals surface area contributed by atoms with Crippen molar-refractivity contribution in [1.29, 1.82) is 0 Å². The molecule has 0 aromatic heterocycles. The van der Waals surface area contributed by atoms with Gasteiger partial charge in [0, 0.05) is 13.1 Å². The molecule has 0 aliphatic carbocycles. The Balaban J connectivity index is 0.00000192. The van der Waals surface area contributed by atoms with Crippen LogP contribution in [0.2, 0.25) is 0 Å². The van der Waals surface area contributed by atoms with Crippen LogP contribution in [0, 0.1) is 11.3 Å². The molecule has 4 heteroatoms. The van der Waals surface area contributed by atoms with Gasteiger partial charge in [-0.3, -0.25) is 4.90 Å². The predicted molar refractivity (Wildman–Crippen MR) is 98.5 cm³/mol. The van der Waals surface area contributed by atoms with Crippen LogP contribution in [-0.4, -0.2) is 37.7 Å². The zero-order valence-electron chi connectivity index (χ0n) is 14.5. The van der Waals surface area contributed by atoms with E-state index in [2.05, 4.69) is 48.3 Å². The Bertz CT molecular complexity index is 469. The zero-order valence-corrected chi connectivity index (χ0v) is 15.3. The molecule has 130 valence electrons. The van der Waals surface area contributed by atoms with Crippen molar-refractivity contribution in [1.82, 2.24) is 10.2 Å². The summed E-state index contributed by atoms with van der Waals surface area (Å²) in [6, 6.07) is 8.69. The molecule has 2 aliphatic heterocycles. The molecule has 1 N–H and O–H groups in total. The van der Waals surface area contributed by atoms with Gasteiger partial charge in [0.1, 0.15) is 5.75 Å². The molecule has 0 bridgehead atoms. The van der Waals surface area contributed by atoms with Gasteiger partial charge < -0.3 is 10.1 Å². The van der Waals surface area contributed by atoms with E-state index in [-0.39, 0.29) is 12.4 Å². The predicted octanol–water partition coefficient (Wildman–Crippen LogP) is 3.72. The van der Waals surface area contributed by atoms with Gasteiger partial charge >= 0.3 is 0 Å². The van der Waals surface area contributed by atoms with Gasteiger partial charge in [0.25, 0.3) is 0 Å². The van der Waals surface area contributed by atoms with E-state index in [1.807, 2.05) is 0 Å². The van der Waals surface area contributed by atoms with Gasteiger partial charge in [-0.05, 0) is 67.9 Å². The average Bonchev–Trinajstić information content (AvgIpc) is 2.89. The minimum Gasteiger partial charge on any atom is -0.493 e. The Labute approximate surface area is 147 Å². The van der Waals surface area contributed by atoms with Crippen LogP contribution in [0.25, 0.3) is 0 Å². The molecule has 23 heavy (non-hydrogen) atoms. The summed E-state index contributed by atoms with van der Waals surface area (Å²) in [5.74, 6) is 1.57. The van der Waals surface area contributed by atoms with Crippen LogP contribution in [0.15, 0.2) is 24.3 Å². The summed E-state index contributed by atoms with van der Waals surface area (Å²) in [6.45, 7) is 11.2. The van der Waals surface area contributed by atoms with Crippen molar-refractivity contribution in [3.63, 3.8) is 0 Å². The monoisotopic (exact) mass is 338 g/mol. The third-order valence-electron chi connectivity index (χ3n) is 5.09. The van der Waals surface area contributed by atoms with E-state index in [0.29, 0.717) is 11.3 Å². The van der Waals surface area contributed by atoms with Gasteiger partial charge in [-0.1, -0.05) is 26.0 Å². The molecule has 0 unspecified atom stereocenters. The van der Waals surface area contributed by atoms with Crippen LogP contribution in [-0.2, 0) is 6.54 Å². The highest BCUT2D eigenvalue weighted by atomic mass is 35.5. The second-order valence-corrected chi connectivity index (χ2v) is 7.56. The first-order valence-corrected chi connectivity index (χ1v) is 8.80. The molecule has 0 radical (unpaired) electrons. The number of ether oxygens (including phenoxy) is 1. The third kappa shape index (κ3) is 5.10. The van der Waals surface area contributed by atoms with Crippen LogP contribution in [0.5, 0.6) is 5.75 Å². The van der Waals surface area contributed by atoms with E-state index in [4.69, 9.17) is 4.74 Å². The molecule has 0 saturated carbocycles. The van der Waals surface area contributed by atoms with Gasteiger partial charge in [-0.25, -0.2) is 0 Å². The first-order valence-electron chi connectivity index (χ1n) is 8.80. The highest BCUT2D eigenvalue weighted by Crippen LogP contribution is 2.39. The largest absolute Gasteiger partial charge is 0.493 e. The molecule has 0 amide bonds. The Morgan fingerprint density at radius 3 is 2.48 bits per heavy atom. The SMILES string of the molecule is CC(C)COc1ccc(CN2CCC3(CCNCC3)C2)cc1.Cl. The molecule has 2 saturated heterocycles. The summed E-state index contributed by atoms with van der Waals surface area (Å²) >= 11 is 0. The fourth-order valence-electron chi connectivity index (χ4n) is 3.74. The molecular formula is C19H31ClN2O. The van der Waals surface area contributed by atoms with E-state index in [0.717, 1.165) is 18.9 Å². The lowest BCUT2D eigenvalue weighted by atomic mass is 9.78. The fourth-order valence-corrected chi connectivity index (χ4v) is 3.74. The van der Waals surface area contributed by atoms with Crippen molar-refractivity contribution < 1.29 is 4.74 Å². The maximum absolute atomic E-state index is 5.76. The maximum atomic E-state index is 5.76. The lowest BCUT2D eigenvalue weighted by Gasteiger charge is -2.33. The Hall–Kier alpha value is -0.770. The normalized spacial score (nSPS) is 20.7. The lowest BCUT2D eigenvalue weighted by molar-refractivity contribution is 0.194. The minimum absolute atomic E-state index is 0. The first-order chi connectivity index (χ1) is 10.7. The Kier molecular flexibility index (Phi) is 6.75. The highest BCUT2D eigenvalue weighted by molar-refractivity contribution is 5.85. The van der Waals surface area contributed by atoms with E-state index >= 15 is 0 Å². The Morgan fingerprint density at radius 2 is 1.83 bits per heavy atom. The van der Waals surface area contributed by atoms with Crippen molar-refractivity contribution in [3.05, 3.63) is 29.8 Å². The number of halogens is 1. The summed E-state index contributed by atoms with van der Waals surface area (Å²) < 4.78 is 5.76. The van der Waals surface area contributed by atoms with Crippen molar-refractivity contribution in [2.24, 2.45) is 11.3 Å². The molecule has 1 spiro atoms. The number of nitrogens with one attached hydrogen (secondary N) is 1. The number of hydrogen-bond donors (Lipinski definition) is 1. The van der Waals surface area contributed by atoms with Gasteiger partial charge in [0.05, 0.1) is 6.61 Å². The van der Waals surface area contributed by atoms with Crippen LogP contribution in [0.1, 0.15) is 38.7 Å². The molecule has 3 rings (SSSR count). The van der Waals surface area contributed by atoms with Crippen LogP contribution in [0.4, 0.5) is 0 Å². The number of hydrogen-bond acceptors (Lipinski definition) is 3. The summed E-state index contributed by atoms with van der Waals surface area (Å²) in [7, 11) is 0. The number of piperidine rings is 1. The molecular weight excluding hydrogens is 308 g/mol. The molecule has 2 fully saturated rings. The van der Waals surface area contributed by atoms with E-state index in [1.165, 1.54) is 51.0 Å². The molecule has 3 nitrogen and oxygen atoms in total. The molecule has 2 heterocycles. The van der Waals surface area contributed by atoms with Crippen molar-refractivity contribution in [3.8, 4) is 5.75 Å². The van der Waals surface area contributed by atoms with Gasteiger partial charge in [0.2, 0.25) is 0 Å². The zero-order chi connectivity index (χ0) is 15.4. The summed E-state index contributed by atoms with van der Waals surface area (Å²) in [6.07, 6.45) is 4.08. The molecule has 2 aliphatic rings. The summed E-state index contributed by atoms with van der Waals surface area (Å²) in [5.41, 5.74) is 2.01. The van der Waals surface area contributed by atoms with Crippen molar-refractivity contribution in [2.75, 3.05) is 32.8 Å². The molecule has 1 aromatic carbocycles. The van der Waals surface area contributed by atoms with Gasteiger partial charge in [-0.2, -0.15) is 0 Å². The topological polar surface area (TPSA) is 24.5 Å². The number of rotatable bonds is 5. The van der Waals surface area contributed by atoms with E-state index in [9.17, 15) is 0 Å². The first kappa shape index (κ1) is 18.6. The van der Waals surface area contributed by atoms with Crippen LogP contribution >= 0.6 is 12.4 Å². The third-order valence-corrected chi connectivity index (χ3v) is 5.09. The second kappa shape index (κ2) is 8.36. The van der Waals surface area contributed by atoms with Gasteiger partial charge in [-0.15, -0.1) is 12.4 Å². The number of likely N-dealkylation sites (tertiary alicyclic amines) is 1. The van der Waals surface area contributed by atoms with E-state index < -0.39 is 0 Å². The molecule has 1 aromatic rings. The fraction of sp³-hybridized carbons (Fsp3) is 0.684.